The molecule has 2 aliphatic rings. The van der Waals surface area contributed by atoms with Gasteiger partial charge in [-0.25, -0.2) is 14.2 Å². The number of benzene rings is 1. The molecular formula is C27H24F6N6O. The molecule has 0 spiro atoms. The molecule has 0 bridgehead atoms. The molecule has 1 fully saturated rings. The van der Waals surface area contributed by atoms with Gasteiger partial charge in [0.2, 0.25) is 11.9 Å². The number of hydrogen-bond donors (Lipinski definition) is 0. The Labute approximate surface area is 224 Å². The minimum Gasteiger partial charge on any atom is -0.330 e. The third-order valence-electron chi connectivity index (χ3n) is 7.99. The molecule has 2 aliphatic carbocycles. The van der Waals surface area contributed by atoms with Crippen molar-refractivity contribution in [1.82, 2.24) is 29.3 Å². The van der Waals surface area contributed by atoms with E-state index in [1.54, 1.807) is 25.3 Å². The van der Waals surface area contributed by atoms with Crippen molar-refractivity contribution in [2.24, 2.45) is 5.92 Å². The number of hydrogen-bond acceptors (Lipinski definition) is 4. The van der Waals surface area contributed by atoms with Gasteiger partial charge in [-0.15, -0.1) is 5.10 Å². The second-order valence-corrected chi connectivity index (χ2v) is 10.7. The van der Waals surface area contributed by atoms with E-state index in [-0.39, 0.29) is 17.1 Å². The Morgan fingerprint density at radius 1 is 1.12 bits per heavy atom. The summed E-state index contributed by atoms with van der Waals surface area (Å²) in [4.78, 5) is 17.5. The fourth-order valence-electron chi connectivity index (χ4n) is 5.89. The fourth-order valence-corrected chi connectivity index (χ4v) is 5.89. The van der Waals surface area contributed by atoms with E-state index in [9.17, 15) is 31.1 Å². The van der Waals surface area contributed by atoms with Crippen LogP contribution in [0.3, 0.4) is 0 Å². The van der Waals surface area contributed by atoms with Crippen LogP contribution >= 0.6 is 0 Å². The second-order valence-electron chi connectivity index (χ2n) is 10.7. The number of fused-ring (bicyclic) bond motifs is 3. The summed E-state index contributed by atoms with van der Waals surface area (Å²) in [5.74, 6) is -2.09. The Hall–Kier alpha value is -3.90. The standard InChI is InChI=1S/C27H24F6N6O/c1-26(19-9-10-38(35-19)25(29)30)12-17(18-13-34-21-11-20(28)36-39(21)23(18)26)14-3-5-15(6-4-14)22(27(31,32)33)37(2)24(40)16-7-8-16/h3-6,9-11,13,16-17,22,25H,7-8,12H2,1-2H3/t17-,22+,26+/m1/s1. The van der Waals surface area contributed by atoms with Crippen LogP contribution in [-0.2, 0) is 10.2 Å². The van der Waals surface area contributed by atoms with Gasteiger partial charge in [-0.2, -0.15) is 31.4 Å². The molecule has 3 heterocycles. The Morgan fingerprint density at radius 3 is 2.42 bits per heavy atom. The highest BCUT2D eigenvalue weighted by atomic mass is 19.4. The van der Waals surface area contributed by atoms with Gasteiger partial charge in [0, 0.05) is 42.9 Å². The molecular weight excluding hydrogens is 538 g/mol. The molecule has 0 saturated heterocycles. The molecule has 0 N–H and O–H groups in total. The van der Waals surface area contributed by atoms with Gasteiger partial charge < -0.3 is 4.90 Å². The lowest BCUT2D eigenvalue weighted by Gasteiger charge is -2.30. The molecule has 40 heavy (non-hydrogen) atoms. The quantitative estimate of drug-likeness (QED) is 0.280. The van der Waals surface area contributed by atoms with E-state index in [4.69, 9.17) is 0 Å². The number of alkyl halides is 5. The van der Waals surface area contributed by atoms with Gasteiger partial charge in [-0.1, -0.05) is 24.3 Å². The first-order valence-electron chi connectivity index (χ1n) is 12.7. The van der Waals surface area contributed by atoms with E-state index in [0.29, 0.717) is 46.5 Å². The molecule has 1 aromatic carbocycles. The van der Waals surface area contributed by atoms with Crippen molar-refractivity contribution in [2.45, 2.75) is 56.3 Å². The first-order chi connectivity index (χ1) is 18.9. The van der Waals surface area contributed by atoms with Crippen molar-refractivity contribution in [2.75, 3.05) is 7.05 Å². The second kappa shape index (κ2) is 9.07. The highest BCUT2D eigenvalue weighted by molar-refractivity contribution is 5.81. The molecule has 3 atom stereocenters. The molecule has 4 aromatic rings. The smallest absolute Gasteiger partial charge is 0.330 e. The van der Waals surface area contributed by atoms with Crippen LogP contribution < -0.4 is 0 Å². The minimum atomic E-state index is -4.68. The van der Waals surface area contributed by atoms with Crippen LogP contribution in [0, 0.1) is 11.9 Å². The lowest BCUT2D eigenvalue weighted by Crippen LogP contribution is -2.40. The van der Waals surface area contributed by atoms with E-state index in [1.165, 1.54) is 29.8 Å². The van der Waals surface area contributed by atoms with Crippen LogP contribution in [0.4, 0.5) is 26.3 Å². The number of nitrogens with zero attached hydrogens (tertiary/aromatic N) is 6. The zero-order chi connectivity index (χ0) is 28.6. The molecule has 0 radical (unpaired) electrons. The maximum atomic E-state index is 14.2. The Kier molecular flexibility index (Phi) is 5.97. The van der Waals surface area contributed by atoms with Gasteiger partial charge in [-0.05, 0) is 43.4 Å². The molecule has 6 rings (SSSR count). The number of carbonyl (C=O) groups excluding carboxylic acids is 1. The molecule has 13 heteroatoms. The average molecular weight is 563 g/mol. The van der Waals surface area contributed by atoms with Crippen molar-refractivity contribution >= 4 is 11.6 Å². The van der Waals surface area contributed by atoms with Crippen molar-refractivity contribution in [1.29, 1.82) is 0 Å². The van der Waals surface area contributed by atoms with E-state index in [2.05, 4.69) is 15.2 Å². The van der Waals surface area contributed by atoms with E-state index in [0.717, 1.165) is 17.2 Å². The number of rotatable bonds is 6. The molecule has 0 aliphatic heterocycles. The summed E-state index contributed by atoms with van der Waals surface area (Å²) in [6, 6.07) is 6.35. The van der Waals surface area contributed by atoms with Crippen LogP contribution in [0.2, 0.25) is 0 Å². The SMILES string of the molecule is CN(C(=O)C1CC1)[C@@H](c1ccc([C@H]2C[C@@](C)(c3ccn(C(F)F)n3)c3c2cnc2cc(F)nn32)cc1)C(F)(F)F. The van der Waals surface area contributed by atoms with Crippen LogP contribution in [-0.4, -0.2) is 48.4 Å². The van der Waals surface area contributed by atoms with Gasteiger partial charge in [-0.3, -0.25) is 4.79 Å². The lowest BCUT2D eigenvalue weighted by atomic mass is 9.81. The molecule has 7 nitrogen and oxygen atoms in total. The van der Waals surface area contributed by atoms with Gasteiger partial charge in [0.1, 0.15) is 0 Å². The molecule has 1 saturated carbocycles. The van der Waals surface area contributed by atoms with Crippen molar-refractivity contribution in [3.8, 4) is 0 Å². The summed E-state index contributed by atoms with van der Waals surface area (Å²) >= 11 is 0. The first-order valence-corrected chi connectivity index (χ1v) is 12.7. The molecule has 3 aromatic heterocycles. The van der Waals surface area contributed by atoms with E-state index >= 15 is 0 Å². The number of halogens is 6. The van der Waals surface area contributed by atoms with Crippen molar-refractivity contribution in [3.05, 3.63) is 82.8 Å². The zero-order valence-electron chi connectivity index (χ0n) is 21.4. The normalized spacial score (nSPS) is 21.7. The summed E-state index contributed by atoms with van der Waals surface area (Å²) in [6.07, 6.45) is -0.491. The average Bonchev–Trinajstić information content (AvgIpc) is 3.34. The van der Waals surface area contributed by atoms with Gasteiger partial charge in [0.05, 0.1) is 16.8 Å². The lowest BCUT2D eigenvalue weighted by molar-refractivity contribution is -0.189. The highest BCUT2D eigenvalue weighted by Gasteiger charge is 2.49. The Balaban J connectivity index is 1.41. The van der Waals surface area contributed by atoms with E-state index in [1.807, 2.05) is 0 Å². The fraction of sp³-hybridized carbons (Fsp3) is 0.407. The number of amides is 1. The number of carbonyl (C=O) groups is 1. The summed E-state index contributed by atoms with van der Waals surface area (Å²) in [5.41, 5.74) is 1.25. The van der Waals surface area contributed by atoms with Crippen LogP contribution in [0.1, 0.15) is 72.8 Å². The van der Waals surface area contributed by atoms with Gasteiger partial charge in [0.15, 0.2) is 11.7 Å². The first kappa shape index (κ1) is 26.3. The van der Waals surface area contributed by atoms with Crippen LogP contribution in [0.15, 0.2) is 48.8 Å². The third kappa shape index (κ3) is 4.22. The zero-order valence-corrected chi connectivity index (χ0v) is 21.4. The van der Waals surface area contributed by atoms with Gasteiger partial charge in [0.25, 0.3) is 0 Å². The van der Waals surface area contributed by atoms with E-state index < -0.39 is 42.0 Å². The minimum absolute atomic E-state index is 0.0767. The molecule has 1 amide bonds. The summed E-state index contributed by atoms with van der Waals surface area (Å²) in [7, 11) is 1.17. The monoisotopic (exact) mass is 562 g/mol. The summed E-state index contributed by atoms with van der Waals surface area (Å²) in [6.45, 7) is -1.07. The van der Waals surface area contributed by atoms with Crippen LogP contribution in [0.5, 0.6) is 0 Å². The Morgan fingerprint density at radius 2 is 1.82 bits per heavy atom. The maximum absolute atomic E-state index is 14.2. The van der Waals surface area contributed by atoms with Gasteiger partial charge >= 0.3 is 12.7 Å². The highest BCUT2D eigenvalue weighted by Crippen LogP contribution is 2.52. The van der Waals surface area contributed by atoms with Crippen LogP contribution in [0.25, 0.3) is 5.65 Å². The maximum Gasteiger partial charge on any atom is 0.413 e. The predicted octanol–water partition coefficient (Wildman–Crippen LogP) is 5.77. The summed E-state index contributed by atoms with van der Waals surface area (Å²) < 4.78 is 85.0. The summed E-state index contributed by atoms with van der Waals surface area (Å²) in [5, 5.41) is 8.01. The predicted molar refractivity (Wildman–Crippen MR) is 130 cm³/mol. The Bertz CT molecular complexity index is 1590. The van der Waals surface area contributed by atoms with Crippen molar-refractivity contribution < 1.29 is 31.1 Å². The van der Waals surface area contributed by atoms with Crippen molar-refractivity contribution in [3.63, 3.8) is 0 Å². The third-order valence-corrected chi connectivity index (χ3v) is 7.99. The molecule has 210 valence electrons. The topological polar surface area (TPSA) is 68.3 Å². The molecule has 0 unspecified atom stereocenters. The number of aromatic nitrogens is 5. The largest absolute Gasteiger partial charge is 0.413 e.